The Balaban J connectivity index is 1.51. The number of hydrogen-bond donors (Lipinski definition) is 0. The summed E-state index contributed by atoms with van der Waals surface area (Å²) in [7, 11) is 0. The second-order valence-electron chi connectivity index (χ2n) is 8.60. The summed E-state index contributed by atoms with van der Waals surface area (Å²) in [6, 6.07) is 14.0. The molecule has 0 unspecified atom stereocenters. The molecule has 0 bridgehead atoms. The van der Waals surface area contributed by atoms with Crippen molar-refractivity contribution in [3.63, 3.8) is 0 Å². The highest BCUT2D eigenvalue weighted by molar-refractivity contribution is 6.07. The van der Waals surface area contributed by atoms with Gasteiger partial charge in [-0.1, -0.05) is 30.3 Å². The lowest BCUT2D eigenvalue weighted by molar-refractivity contribution is -0.136. The zero-order chi connectivity index (χ0) is 21.1. The molecule has 2 fully saturated rings. The van der Waals surface area contributed by atoms with Gasteiger partial charge in [0.15, 0.2) is 0 Å². The average Bonchev–Trinajstić information content (AvgIpc) is 2.96. The highest BCUT2D eigenvalue weighted by Crippen LogP contribution is 2.38. The van der Waals surface area contributed by atoms with E-state index in [-0.39, 0.29) is 18.0 Å². The molecule has 1 aromatic heterocycles. The molecule has 6 nitrogen and oxygen atoms in total. The highest BCUT2D eigenvalue weighted by atomic mass is 16.2. The van der Waals surface area contributed by atoms with Crippen molar-refractivity contribution in [2.45, 2.75) is 51.2 Å². The van der Waals surface area contributed by atoms with E-state index in [2.05, 4.69) is 22.0 Å². The summed E-state index contributed by atoms with van der Waals surface area (Å²) in [4.78, 5) is 36.5. The van der Waals surface area contributed by atoms with Crippen LogP contribution in [0.5, 0.6) is 0 Å². The van der Waals surface area contributed by atoms with Crippen LogP contribution in [-0.2, 0) is 17.8 Å². The highest BCUT2D eigenvalue weighted by Gasteiger charge is 2.58. The summed E-state index contributed by atoms with van der Waals surface area (Å²) in [5, 5.41) is 0. The number of carbonyl (C=O) groups excluding carboxylic acids is 2. The molecule has 3 heterocycles. The first-order valence-electron chi connectivity index (χ1n) is 10.8. The van der Waals surface area contributed by atoms with Crippen LogP contribution in [0.4, 0.5) is 4.79 Å². The lowest BCUT2D eigenvalue weighted by atomic mass is 9.85. The normalized spacial score (nSPS) is 19.3. The number of amides is 3. The molecule has 1 aromatic carbocycles. The molecule has 0 N–H and O–H groups in total. The molecule has 158 valence electrons. The topological polar surface area (TPSA) is 56.8 Å². The maximum Gasteiger partial charge on any atom is 0.327 e. The monoisotopic (exact) mass is 406 g/mol. The molecule has 0 atom stereocenters. The quantitative estimate of drug-likeness (QED) is 0.691. The standard InChI is InChI=1S/C24H30N4O2/c1-19(2)28-22(29)24(27(23(28)30)15-10-20-6-4-3-5-7-20)11-16-26(17-12-24)18-21-8-13-25-14-9-21/h3-9,13-14,19H,10-12,15-18H2,1-2H3. The Labute approximate surface area is 178 Å². The Morgan fingerprint density at radius 2 is 1.63 bits per heavy atom. The Kier molecular flexibility index (Phi) is 5.86. The SMILES string of the molecule is CC(C)N1C(=O)N(CCc2ccccc2)C2(CCN(Cc3ccncc3)CC2)C1=O. The van der Waals surface area contributed by atoms with Gasteiger partial charge in [-0.15, -0.1) is 0 Å². The van der Waals surface area contributed by atoms with Crippen molar-refractivity contribution in [2.75, 3.05) is 19.6 Å². The third-order valence-electron chi connectivity index (χ3n) is 6.39. The Morgan fingerprint density at radius 3 is 2.27 bits per heavy atom. The van der Waals surface area contributed by atoms with Crippen molar-refractivity contribution in [3.05, 3.63) is 66.0 Å². The van der Waals surface area contributed by atoms with Crippen molar-refractivity contribution in [2.24, 2.45) is 0 Å². The van der Waals surface area contributed by atoms with Crippen LogP contribution in [0.2, 0.25) is 0 Å². The number of piperidine rings is 1. The lowest BCUT2D eigenvalue weighted by Crippen LogP contribution is -2.56. The minimum atomic E-state index is -0.703. The number of benzene rings is 1. The first-order chi connectivity index (χ1) is 14.5. The molecular weight excluding hydrogens is 376 g/mol. The van der Waals surface area contributed by atoms with Gasteiger partial charge in [0.1, 0.15) is 5.54 Å². The van der Waals surface area contributed by atoms with E-state index in [9.17, 15) is 9.59 Å². The molecule has 0 radical (unpaired) electrons. The molecule has 1 spiro atoms. The second-order valence-corrected chi connectivity index (χ2v) is 8.60. The number of imide groups is 1. The van der Waals surface area contributed by atoms with Gasteiger partial charge in [0.2, 0.25) is 0 Å². The van der Waals surface area contributed by atoms with Gasteiger partial charge >= 0.3 is 6.03 Å². The fraction of sp³-hybridized carbons (Fsp3) is 0.458. The van der Waals surface area contributed by atoms with Gasteiger partial charge in [-0.25, -0.2) is 4.79 Å². The molecule has 30 heavy (non-hydrogen) atoms. The van der Waals surface area contributed by atoms with Crippen LogP contribution in [0.15, 0.2) is 54.9 Å². The van der Waals surface area contributed by atoms with Gasteiger partial charge in [-0.2, -0.15) is 0 Å². The van der Waals surface area contributed by atoms with Crippen LogP contribution in [-0.4, -0.2) is 62.8 Å². The van der Waals surface area contributed by atoms with Crippen LogP contribution < -0.4 is 0 Å². The summed E-state index contributed by atoms with van der Waals surface area (Å²) in [6.45, 7) is 6.86. The number of hydrogen-bond acceptors (Lipinski definition) is 4. The molecule has 0 aliphatic carbocycles. The van der Waals surface area contributed by atoms with Crippen molar-refractivity contribution >= 4 is 11.9 Å². The summed E-state index contributed by atoms with van der Waals surface area (Å²) in [6.07, 6.45) is 5.74. The summed E-state index contributed by atoms with van der Waals surface area (Å²) in [5.74, 6) is -0.0147. The molecule has 2 aromatic rings. The number of likely N-dealkylation sites (tertiary alicyclic amines) is 1. The van der Waals surface area contributed by atoms with E-state index >= 15 is 0 Å². The maximum atomic E-state index is 13.5. The predicted molar refractivity (Wildman–Crippen MR) is 116 cm³/mol. The van der Waals surface area contributed by atoms with Crippen LogP contribution in [0, 0.1) is 0 Å². The number of aromatic nitrogens is 1. The van der Waals surface area contributed by atoms with E-state index in [4.69, 9.17) is 0 Å². The smallest absolute Gasteiger partial charge is 0.309 e. The first-order valence-corrected chi connectivity index (χ1v) is 10.8. The minimum absolute atomic E-state index is 0.0147. The molecule has 2 aliphatic rings. The van der Waals surface area contributed by atoms with Crippen molar-refractivity contribution in [1.82, 2.24) is 19.7 Å². The van der Waals surface area contributed by atoms with Crippen LogP contribution >= 0.6 is 0 Å². The Bertz CT molecular complexity index is 877. The number of urea groups is 1. The van der Waals surface area contributed by atoms with Gasteiger partial charge in [0.25, 0.3) is 5.91 Å². The first kappa shape index (κ1) is 20.5. The predicted octanol–water partition coefficient (Wildman–Crippen LogP) is 3.33. The Morgan fingerprint density at radius 1 is 0.967 bits per heavy atom. The summed E-state index contributed by atoms with van der Waals surface area (Å²) >= 11 is 0. The van der Waals surface area contributed by atoms with E-state index in [0.29, 0.717) is 19.4 Å². The molecule has 4 rings (SSSR count). The van der Waals surface area contributed by atoms with E-state index in [0.717, 1.165) is 26.1 Å². The lowest BCUT2D eigenvalue weighted by Gasteiger charge is -2.42. The third-order valence-corrected chi connectivity index (χ3v) is 6.39. The van der Waals surface area contributed by atoms with Gasteiger partial charge < -0.3 is 4.90 Å². The molecule has 2 saturated heterocycles. The van der Waals surface area contributed by atoms with E-state index < -0.39 is 5.54 Å². The minimum Gasteiger partial charge on any atom is -0.309 e. The van der Waals surface area contributed by atoms with Gasteiger partial charge in [0.05, 0.1) is 0 Å². The van der Waals surface area contributed by atoms with Gasteiger partial charge in [-0.05, 0) is 56.4 Å². The van der Waals surface area contributed by atoms with E-state index in [1.165, 1.54) is 16.0 Å². The molecular formula is C24H30N4O2. The molecule has 0 saturated carbocycles. The second kappa shape index (κ2) is 8.56. The third kappa shape index (κ3) is 3.84. The molecule has 3 amide bonds. The number of carbonyl (C=O) groups is 2. The average molecular weight is 407 g/mol. The van der Waals surface area contributed by atoms with Gasteiger partial charge in [0, 0.05) is 44.6 Å². The summed E-state index contributed by atoms with van der Waals surface area (Å²) in [5.41, 5.74) is 1.70. The van der Waals surface area contributed by atoms with Crippen molar-refractivity contribution in [1.29, 1.82) is 0 Å². The van der Waals surface area contributed by atoms with E-state index in [1.54, 1.807) is 0 Å². The number of nitrogens with zero attached hydrogens (tertiary/aromatic N) is 4. The van der Waals surface area contributed by atoms with Crippen LogP contribution in [0.3, 0.4) is 0 Å². The van der Waals surface area contributed by atoms with Crippen LogP contribution in [0.1, 0.15) is 37.8 Å². The number of pyridine rings is 1. The largest absolute Gasteiger partial charge is 0.327 e. The fourth-order valence-electron chi connectivity index (χ4n) is 4.70. The van der Waals surface area contributed by atoms with Gasteiger partial charge in [-0.3, -0.25) is 19.6 Å². The number of rotatable bonds is 6. The van der Waals surface area contributed by atoms with Crippen molar-refractivity contribution < 1.29 is 9.59 Å². The molecule has 6 heteroatoms. The maximum absolute atomic E-state index is 13.5. The van der Waals surface area contributed by atoms with Crippen LogP contribution in [0.25, 0.3) is 0 Å². The Hall–Kier alpha value is -2.73. The van der Waals surface area contributed by atoms with E-state index in [1.807, 2.05) is 61.5 Å². The summed E-state index contributed by atoms with van der Waals surface area (Å²) < 4.78 is 0. The zero-order valence-corrected chi connectivity index (χ0v) is 17.8. The van der Waals surface area contributed by atoms with Crippen molar-refractivity contribution in [3.8, 4) is 0 Å². The zero-order valence-electron chi connectivity index (χ0n) is 17.8. The fourth-order valence-corrected chi connectivity index (χ4v) is 4.70. The molecule has 2 aliphatic heterocycles.